The van der Waals surface area contributed by atoms with E-state index in [1.54, 1.807) is 50.4 Å². The first kappa shape index (κ1) is 12.9. The fourth-order valence-electron chi connectivity index (χ4n) is 1.63. The molecule has 0 N–H and O–H groups in total. The van der Waals surface area contributed by atoms with Crippen LogP contribution in [0, 0.1) is 17.0 Å². The number of benzene rings is 2. The first-order chi connectivity index (χ1) is 9.10. The topological polar surface area (TPSA) is 61.6 Å². The van der Waals surface area contributed by atoms with Crippen molar-refractivity contribution in [3.05, 3.63) is 58.1 Å². The van der Waals surface area contributed by atoms with Crippen molar-refractivity contribution in [1.29, 1.82) is 0 Å². The molecule has 0 bridgehead atoms. The highest BCUT2D eigenvalue weighted by atomic mass is 16.6. The summed E-state index contributed by atoms with van der Waals surface area (Å²) in [6.07, 6.45) is 0. The Morgan fingerprint density at radius 2 is 1.68 bits per heavy atom. The van der Waals surface area contributed by atoms with Crippen molar-refractivity contribution >= 4 is 5.69 Å². The number of methoxy groups -OCH3 is 1. The molecule has 2 aromatic carbocycles. The Bertz CT molecular complexity index is 593. The van der Waals surface area contributed by atoms with E-state index in [9.17, 15) is 10.1 Å². The van der Waals surface area contributed by atoms with Crippen LogP contribution in [0.15, 0.2) is 42.5 Å². The zero-order valence-corrected chi connectivity index (χ0v) is 10.6. The van der Waals surface area contributed by atoms with Gasteiger partial charge in [-0.2, -0.15) is 0 Å². The third-order valence-corrected chi connectivity index (χ3v) is 2.60. The molecule has 0 aromatic heterocycles. The molecule has 0 aliphatic heterocycles. The fraction of sp³-hybridized carbons (Fsp3) is 0.143. The predicted molar refractivity (Wildman–Crippen MR) is 70.9 cm³/mol. The Kier molecular flexibility index (Phi) is 3.66. The van der Waals surface area contributed by atoms with Gasteiger partial charge in [-0.15, -0.1) is 0 Å². The van der Waals surface area contributed by atoms with E-state index in [1.165, 1.54) is 6.07 Å². The van der Waals surface area contributed by atoms with E-state index >= 15 is 0 Å². The molecule has 0 saturated carbocycles. The Hall–Kier alpha value is -2.56. The van der Waals surface area contributed by atoms with E-state index in [4.69, 9.17) is 9.47 Å². The average Bonchev–Trinajstić information content (AvgIpc) is 2.41. The second-order valence-corrected chi connectivity index (χ2v) is 4.01. The second-order valence-electron chi connectivity index (χ2n) is 4.01. The molecule has 0 atom stereocenters. The Balaban J connectivity index is 2.29. The highest BCUT2D eigenvalue weighted by Gasteiger charge is 2.15. The van der Waals surface area contributed by atoms with Gasteiger partial charge in [-0.1, -0.05) is 6.07 Å². The number of nitrogens with zero attached hydrogens (tertiary/aromatic N) is 1. The molecule has 98 valence electrons. The van der Waals surface area contributed by atoms with Crippen LogP contribution in [-0.4, -0.2) is 12.0 Å². The maximum absolute atomic E-state index is 11.0. The Morgan fingerprint density at radius 1 is 1.05 bits per heavy atom. The van der Waals surface area contributed by atoms with Crippen molar-refractivity contribution in [2.24, 2.45) is 0 Å². The first-order valence-corrected chi connectivity index (χ1v) is 5.67. The van der Waals surface area contributed by atoms with Crippen molar-refractivity contribution in [1.82, 2.24) is 0 Å². The molecule has 2 aromatic rings. The molecule has 0 unspecified atom stereocenters. The lowest BCUT2D eigenvalue weighted by atomic mass is 10.2. The van der Waals surface area contributed by atoms with Gasteiger partial charge < -0.3 is 9.47 Å². The maximum atomic E-state index is 11.0. The summed E-state index contributed by atoms with van der Waals surface area (Å²) >= 11 is 0. The van der Waals surface area contributed by atoms with E-state index in [2.05, 4.69) is 0 Å². The van der Waals surface area contributed by atoms with E-state index in [-0.39, 0.29) is 11.4 Å². The largest absolute Gasteiger partial charge is 0.497 e. The molecule has 0 radical (unpaired) electrons. The van der Waals surface area contributed by atoms with Gasteiger partial charge in [-0.25, -0.2) is 0 Å². The summed E-state index contributed by atoms with van der Waals surface area (Å²) in [5.74, 6) is 1.44. The van der Waals surface area contributed by atoms with Crippen LogP contribution in [0.4, 0.5) is 5.69 Å². The van der Waals surface area contributed by atoms with Crippen LogP contribution in [0.5, 0.6) is 17.2 Å². The summed E-state index contributed by atoms with van der Waals surface area (Å²) in [7, 11) is 1.57. The zero-order chi connectivity index (χ0) is 13.8. The minimum absolute atomic E-state index is 0.0455. The molecule has 19 heavy (non-hydrogen) atoms. The van der Waals surface area contributed by atoms with Gasteiger partial charge in [0, 0.05) is 6.07 Å². The van der Waals surface area contributed by atoms with Crippen LogP contribution in [0.3, 0.4) is 0 Å². The van der Waals surface area contributed by atoms with E-state index in [0.29, 0.717) is 11.5 Å². The third kappa shape index (κ3) is 3.01. The van der Waals surface area contributed by atoms with Crippen LogP contribution in [0.2, 0.25) is 0 Å². The summed E-state index contributed by atoms with van der Waals surface area (Å²) in [5.41, 5.74) is 0.768. The van der Waals surface area contributed by atoms with Crippen LogP contribution in [0.1, 0.15) is 5.56 Å². The van der Waals surface area contributed by atoms with E-state index in [1.807, 2.05) is 0 Å². The lowest BCUT2D eigenvalue weighted by Crippen LogP contribution is -1.94. The second kappa shape index (κ2) is 5.39. The van der Waals surface area contributed by atoms with Crippen LogP contribution >= 0.6 is 0 Å². The monoisotopic (exact) mass is 259 g/mol. The van der Waals surface area contributed by atoms with Gasteiger partial charge in [0.05, 0.1) is 12.0 Å². The highest BCUT2D eigenvalue weighted by Crippen LogP contribution is 2.32. The molecule has 0 heterocycles. The lowest BCUT2D eigenvalue weighted by Gasteiger charge is -2.07. The first-order valence-electron chi connectivity index (χ1n) is 5.67. The molecule has 0 aliphatic rings. The van der Waals surface area contributed by atoms with Crippen molar-refractivity contribution in [2.75, 3.05) is 7.11 Å². The number of hydrogen-bond acceptors (Lipinski definition) is 4. The van der Waals surface area contributed by atoms with E-state index in [0.717, 1.165) is 5.56 Å². The van der Waals surface area contributed by atoms with Crippen molar-refractivity contribution in [3.63, 3.8) is 0 Å². The van der Waals surface area contributed by atoms with Crippen molar-refractivity contribution in [3.8, 4) is 17.2 Å². The van der Waals surface area contributed by atoms with Gasteiger partial charge in [0.1, 0.15) is 11.5 Å². The molecular formula is C14H13NO4. The Labute approximate surface area is 110 Å². The summed E-state index contributed by atoms with van der Waals surface area (Å²) in [6.45, 7) is 1.80. The predicted octanol–water partition coefficient (Wildman–Crippen LogP) is 3.70. The zero-order valence-electron chi connectivity index (χ0n) is 10.6. The van der Waals surface area contributed by atoms with Gasteiger partial charge in [0.25, 0.3) is 0 Å². The molecule has 0 fully saturated rings. The minimum atomic E-state index is -0.453. The molecule has 5 heteroatoms. The van der Waals surface area contributed by atoms with Gasteiger partial charge in [-0.05, 0) is 42.8 Å². The number of aryl methyl sites for hydroxylation is 1. The van der Waals surface area contributed by atoms with Gasteiger partial charge in [-0.3, -0.25) is 10.1 Å². The molecule has 0 aliphatic carbocycles. The third-order valence-electron chi connectivity index (χ3n) is 2.60. The fourth-order valence-corrected chi connectivity index (χ4v) is 1.63. The van der Waals surface area contributed by atoms with Crippen LogP contribution in [-0.2, 0) is 0 Å². The van der Waals surface area contributed by atoms with Crippen LogP contribution in [0.25, 0.3) is 0 Å². The average molecular weight is 259 g/mol. The normalized spacial score (nSPS) is 10.0. The van der Waals surface area contributed by atoms with Crippen molar-refractivity contribution < 1.29 is 14.4 Å². The standard InChI is InChI=1S/C14H13NO4/c1-10-3-8-14(13(9-10)15(16)17)19-12-6-4-11(18-2)5-7-12/h3-9H,1-2H3. The SMILES string of the molecule is COc1ccc(Oc2ccc(C)cc2[N+](=O)[O-])cc1. The summed E-state index contributed by atoms with van der Waals surface area (Å²) in [5, 5.41) is 11.0. The molecule has 0 saturated heterocycles. The number of ether oxygens (including phenoxy) is 2. The van der Waals surface area contributed by atoms with Gasteiger partial charge in [0.2, 0.25) is 5.75 Å². The minimum Gasteiger partial charge on any atom is -0.497 e. The summed E-state index contributed by atoms with van der Waals surface area (Å²) in [4.78, 5) is 10.5. The molecule has 0 amide bonds. The van der Waals surface area contributed by atoms with E-state index < -0.39 is 4.92 Å². The van der Waals surface area contributed by atoms with Gasteiger partial charge in [0.15, 0.2) is 0 Å². The van der Waals surface area contributed by atoms with Crippen LogP contribution < -0.4 is 9.47 Å². The smallest absolute Gasteiger partial charge is 0.311 e. The quantitative estimate of drug-likeness (QED) is 0.620. The molecule has 2 rings (SSSR count). The number of rotatable bonds is 4. The Morgan fingerprint density at radius 3 is 2.26 bits per heavy atom. The van der Waals surface area contributed by atoms with Gasteiger partial charge >= 0.3 is 5.69 Å². The maximum Gasteiger partial charge on any atom is 0.311 e. The lowest BCUT2D eigenvalue weighted by molar-refractivity contribution is -0.385. The summed E-state index contributed by atoms with van der Waals surface area (Å²) < 4.78 is 10.6. The number of hydrogen-bond donors (Lipinski definition) is 0. The molecule has 5 nitrogen and oxygen atoms in total. The summed E-state index contributed by atoms with van der Waals surface area (Å²) in [6, 6.07) is 11.7. The number of nitro groups is 1. The molecule has 0 spiro atoms. The molecular weight excluding hydrogens is 246 g/mol. The highest BCUT2D eigenvalue weighted by molar-refractivity contribution is 5.50. The van der Waals surface area contributed by atoms with Crippen molar-refractivity contribution in [2.45, 2.75) is 6.92 Å². The number of nitro benzene ring substituents is 1.